The second-order valence-corrected chi connectivity index (χ2v) is 9.15. The molecule has 0 spiro atoms. The summed E-state index contributed by atoms with van der Waals surface area (Å²) in [5.74, 6) is 0.894. The Kier molecular flexibility index (Phi) is 6.38. The van der Waals surface area contributed by atoms with E-state index in [1.165, 1.54) is 0 Å². The number of thiocarbonyl (C=S) groups is 1. The monoisotopic (exact) mass is 519 g/mol. The number of methoxy groups -OCH3 is 1. The first kappa shape index (κ1) is 23.8. The summed E-state index contributed by atoms with van der Waals surface area (Å²) in [7, 11) is 1.57. The van der Waals surface area contributed by atoms with Crippen LogP contribution in [0, 0.1) is 6.92 Å². The third kappa shape index (κ3) is 4.29. The first-order valence-electron chi connectivity index (χ1n) is 11.2. The largest absolute Gasteiger partial charge is 0.495 e. The molecular weight excluding hydrogens is 498 g/mol. The van der Waals surface area contributed by atoms with Gasteiger partial charge in [-0.25, -0.2) is 4.79 Å². The minimum atomic E-state index is -0.970. The van der Waals surface area contributed by atoms with Crippen LogP contribution in [-0.2, 0) is 0 Å². The van der Waals surface area contributed by atoms with Crippen LogP contribution in [0.2, 0.25) is 5.02 Å². The van der Waals surface area contributed by atoms with E-state index in [-0.39, 0.29) is 17.6 Å². The zero-order valence-corrected chi connectivity index (χ0v) is 21.0. The second-order valence-electron chi connectivity index (χ2n) is 8.35. The first-order valence-corrected chi connectivity index (χ1v) is 11.9. The lowest BCUT2D eigenvalue weighted by Gasteiger charge is -2.26. The van der Waals surface area contributed by atoms with Crippen LogP contribution in [0.5, 0.6) is 5.75 Å². The van der Waals surface area contributed by atoms with Gasteiger partial charge in [-0.1, -0.05) is 23.7 Å². The predicted molar refractivity (Wildman–Crippen MR) is 142 cm³/mol. The summed E-state index contributed by atoms with van der Waals surface area (Å²) in [6.07, 6.45) is 1.74. The van der Waals surface area contributed by atoms with Gasteiger partial charge >= 0.3 is 5.97 Å². The van der Waals surface area contributed by atoms with E-state index in [9.17, 15) is 9.90 Å². The highest BCUT2D eigenvalue weighted by Gasteiger charge is 2.42. The van der Waals surface area contributed by atoms with Gasteiger partial charge in [-0.3, -0.25) is 4.98 Å². The average Bonchev–Trinajstić information content (AvgIpc) is 3.49. The Bertz CT molecular complexity index is 1460. The third-order valence-corrected chi connectivity index (χ3v) is 6.78. The zero-order chi connectivity index (χ0) is 25.4. The van der Waals surface area contributed by atoms with Crippen LogP contribution in [0.4, 0.5) is 5.69 Å². The number of anilines is 1. The van der Waals surface area contributed by atoms with Gasteiger partial charge in [0.1, 0.15) is 23.3 Å². The van der Waals surface area contributed by atoms with Gasteiger partial charge in [0.15, 0.2) is 5.11 Å². The Labute approximate surface area is 218 Å². The van der Waals surface area contributed by atoms with Crippen molar-refractivity contribution in [2.24, 2.45) is 0 Å². The molecule has 5 rings (SSSR count). The number of hydrogen-bond acceptors (Lipinski definition) is 5. The molecule has 4 aromatic rings. The number of pyridine rings is 1. The molecule has 2 N–H and O–H groups in total. The molecule has 0 bridgehead atoms. The molecule has 9 heteroatoms. The molecule has 1 aliphatic rings. The molecule has 2 unspecified atom stereocenters. The molecule has 1 aliphatic heterocycles. The molecule has 3 heterocycles. The van der Waals surface area contributed by atoms with Crippen LogP contribution in [0.1, 0.15) is 39.5 Å². The molecule has 182 valence electrons. The van der Waals surface area contributed by atoms with Crippen molar-refractivity contribution in [1.29, 1.82) is 0 Å². The summed E-state index contributed by atoms with van der Waals surface area (Å²) in [5.41, 5.74) is 3.43. The highest BCUT2D eigenvalue weighted by Crippen LogP contribution is 2.44. The zero-order valence-electron chi connectivity index (χ0n) is 19.4. The van der Waals surface area contributed by atoms with Crippen molar-refractivity contribution >= 4 is 40.6 Å². The highest BCUT2D eigenvalue weighted by molar-refractivity contribution is 7.80. The topological polar surface area (TPSA) is 87.8 Å². The lowest BCUT2D eigenvalue weighted by molar-refractivity contribution is 0.0696. The van der Waals surface area contributed by atoms with Crippen LogP contribution in [0.25, 0.3) is 11.3 Å². The van der Waals surface area contributed by atoms with E-state index < -0.39 is 5.97 Å². The minimum Gasteiger partial charge on any atom is -0.495 e. The molecule has 0 aliphatic carbocycles. The van der Waals surface area contributed by atoms with Crippen LogP contribution in [0.15, 0.2) is 77.3 Å². The summed E-state index contributed by atoms with van der Waals surface area (Å²) in [4.78, 5) is 17.9. The molecular formula is C27H22ClN3O4S. The second kappa shape index (κ2) is 9.64. The van der Waals surface area contributed by atoms with Gasteiger partial charge in [0.25, 0.3) is 0 Å². The Morgan fingerprint density at radius 2 is 2.00 bits per heavy atom. The smallest absolute Gasteiger partial charge is 0.335 e. The lowest BCUT2D eigenvalue weighted by atomic mass is 10.0. The Hall–Kier alpha value is -3.88. The molecule has 36 heavy (non-hydrogen) atoms. The van der Waals surface area contributed by atoms with Gasteiger partial charge in [0, 0.05) is 17.4 Å². The van der Waals surface area contributed by atoms with Gasteiger partial charge in [-0.2, -0.15) is 0 Å². The first-order chi connectivity index (χ1) is 17.4. The van der Waals surface area contributed by atoms with Gasteiger partial charge in [-0.05, 0) is 79.3 Å². The number of carboxylic acids is 1. The number of nitrogens with one attached hydrogen (secondary N) is 1. The number of aromatic nitrogens is 1. The van der Waals surface area contributed by atoms with E-state index in [1.807, 2.05) is 48.2 Å². The Balaban J connectivity index is 1.59. The molecule has 2 atom stereocenters. The fraction of sp³-hybridized carbons (Fsp3) is 0.148. The summed E-state index contributed by atoms with van der Waals surface area (Å²) in [6, 6.07) is 19.3. The van der Waals surface area contributed by atoms with Crippen molar-refractivity contribution in [3.05, 3.63) is 101 Å². The maximum atomic E-state index is 11.3. The van der Waals surface area contributed by atoms with Crippen molar-refractivity contribution in [3.8, 4) is 17.1 Å². The van der Waals surface area contributed by atoms with Gasteiger partial charge < -0.3 is 24.5 Å². The number of carbonyl (C=O) groups is 1. The highest BCUT2D eigenvalue weighted by atomic mass is 35.5. The van der Waals surface area contributed by atoms with E-state index >= 15 is 0 Å². The van der Waals surface area contributed by atoms with Crippen LogP contribution in [-0.4, -0.2) is 28.3 Å². The maximum absolute atomic E-state index is 11.3. The summed E-state index contributed by atoms with van der Waals surface area (Å²) in [5, 5.41) is 13.7. The molecule has 1 fully saturated rings. The van der Waals surface area contributed by atoms with Crippen molar-refractivity contribution in [3.63, 3.8) is 0 Å². The minimum absolute atomic E-state index is 0.228. The number of hydrogen-bond donors (Lipinski definition) is 2. The van der Waals surface area contributed by atoms with E-state index in [4.69, 9.17) is 33.0 Å². The van der Waals surface area contributed by atoms with Crippen LogP contribution < -0.4 is 15.0 Å². The normalized spacial score (nSPS) is 17.2. The SMILES string of the molecule is COc1ccc(N2C(=S)NC(c3ccccn3)C2c2ccc(-c3ccc(C(=O)O)cc3C)o2)cc1Cl. The number of aromatic carboxylic acids is 1. The molecule has 7 nitrogen and oxygen atoms in total. The number of ether oxygens (including phenoxy) is 1. The standard InChI is InChI=1S/C27H22ClN3O4S/c1-15-13-16(26(32)33)6-8-18(15)21-10-11-23(35-21)25-24(20-5-3-4-12-29-20)30-27(36)31(25)17-7-9-22(34-2)19(28)14-17/h3-14,24-25H,1-2H3,(H,30,36)(H,32,33). The number of nitrogens with zero attached hydrogens (tertiary/aromatic N) is 2. The Morgan fingerprint density at radius 3 is 2.67 bits per heavy atom. The summed E-state index contributed by atoms with van der Waals surface area (Å²) >= 11 is 12.2. The van der Waals surface area contributed by atoms with E-state index in [0.717, 1.165) is 22.5 Å². The Morgan fingerprint density at radius 1 is 1.17 bits per heavy atom. The summed E-state index contributed by atoms with van der Waals surface area (Å²) in [6.45, 7) is 1.86. The van der Waals surface area contributed by atoms with Crippen molar-refractivity contribution < 1.29 is 19.1 Å². The van der Waals surface area contributed by atoms with Crippen molar-refractivity contribution in [1.82, 2.24) is 10.3 Å². The van der Waals surface area contributed by atoms with Gasteiger partial charge in [0.2, 0.25) is 0 Å². The molecule has 0 amide bonds. The average molecular weight is 520 g/mol. The quantitative estimate of drug-likeness (QED) is 0.292. The molecule has 1 saturated heterocycles. The van der Waals surface area contributed by atoms with Gasteiger partial charge in [-0.15, -0.1) is 0 Å². The molecule has 0 radical (unpaired) electrons. The maximum Gasteiger partial charge on any atom is 0.335 e. The number of furan rings is 1. The van der Waals surface area contributed by atoms with Crippen LogP contribution >= 0.6 is 23.8 Å². The van der Waals surface area contributed by atoms with Crippen molar-refractivity contribution in [2.45, 2.75) is 19.0 Å². The number of aryl methyl sites for hydroxylation is 1. The third-order valence-electron chi connectivity index (χ3n) is 6.17. The van der Waals surface area contributed by atoms with Gasteiger partial charge in [0.05, 0.1) is 29.4 Å². The number of carboxylic acid groups (broad SMARTS) is 1. The van der Waals surface area contributed by atoms with Crippen molar-refractivity contribution in [2.75, 3.05) is 12.0 Å². The summed E-state index contributed by atoms with van der Waals surface area (Å²) < 4.78 is 11.7. The number of halogens is 1. The predicted octanol–water partition coefficient (Wildman–Crippen LogP) is 6.19. The van der Waals surface area contributed by atoms with E-state index in [1.54, 1.807) is 43.6 Å². The molecule has 2 aromatic carbocycles. The molecule has 2 aromatic heterocycles. The molecule has 0 saturated carbocycles. The number of rotatable bonds is 6. The van der Waals surface area contributed by atoms with E-state index in [2.05, 4.69) is 10.3 Å². The lowest BCUT2D eigenvalue weighted by Crippen LogP contribution is -2.29. The van der Waals surface area contributed by atoms with Crippen LogP contribution in [0.3, 0.4) is 0 Å². The fourth-order valence-electron chi connectivity index (χ4n) is 4.46. The number of benzene rings is 2. The fourth-order valence-corrected chi connectivity index (χ4v) is 5.05. The van der Waals surface area contributed by atoms with E-state index in [0.29, 0.717) is 27.4 Å².